The maximum Gasteiger partial charge on any atom is 0.141 e. The van der Waals surface area contributed by atoms with E-state index in [0.29, 0.717) is 0 Å². The first-order chi connectivity index (χ1) is 28.2. The second-order valence-corrected chi connectivity index (χ2v) is 15.5. The summed E-state index contributed by atoms with van der Waals surface area (Å²) < 4.78 is 4.98. The summed E-state index contributed by atoms with van der Waals surface area (Å²) >= 11 is 0. The third kappa shape index (κ3) is 4.07. The quantitative estimate of drug-likeness (QED) is 0.166. The Labute approximate surface area is 327 Å². The third-order valence-electron chi connectivity index (χ3n) is 12.6. The van der Waals surface area contributed by atoms with Crippen LogP contribution in [-0.4, -0.2) is 14.0 Å². The summed E-state index contributed by atoms with van der Waals surface area (Å²) in [7, 11) is 0. The number of pyridine rings is 1. The molecule has 0 unspecified atom stereocenters. The highest BCUT2D eigenvalue weighted by Crippen LogP contribution is 2.49. The van der Waals surface area contributed by atoms with E-state index in [9.17, 15) is 0 Å². The molecular formula is C54H33N3. The van der Waals surface area contributed by atoms with Gasteiger partial charge in [0, 0.05) is 48.7 Å². The molecular weight excluding hydrogens is 691 g/mol. The smallest absolute Gasteiger partial charge is 0.141 e. The SMILES string of the molecule is Cc1c(-n2c3ccc4ccccc4c3c3c4c5ccccc5n5c6ccccc6c(cc32)c45)nc2c(ccc3ccccc32)c1-c1ccc(-c2ccccc2)cc1. The summed E-state index contributed by atoms with van der Waals surface area (Å²) in [5.74, 6) is 0.956. The van der Waals surface area contributed by atoms with Gasteiger partial charge in [-0.3, -0.25) is 4.57 Å². The molecule has 57 heavy (non-hydrogen) atoms. The molecule has 13 aromatic rings. The molecule has 0 spiro atoms. The van der Waals surface area contributed by atoms with Gasteiger partial charge in [0.2, 0.25) is 0 Å². The van der Waals surface area contributed by atoms with Gasteiger partial charge in [-0.1, -0.05) is 158 Å². The van der Waals surface area contributed by atoms with Crippen molar-refractivity contribution in [2.24, 2.45) is 0 Å². The van der Waals surface area contributed by atoms with Crippen molar-refractivity contribution in [2.75, 3.05) is 0 Å². The van der Waals surface area contributed by atoms with Crippen LogP contribution in [0.5, 0.6) is 0 Å². The van der Waals surface area contributed by atoms with Crippen molar-refractivity contribution in [3.05, 3.63) is 188 Å². The number of benzene rings is 9. The Hall–Kier alpha value is -7.49. The van der Waals surface area contributed by atoms with Crippen LogP contribution in [0.25, 0.3) is 120 Å². The van der Waals surface area contributed by atoms with Crippen molar-refractivity contribution in [1.82, 2.24) is 14.0 Å². The zero-order valence-electron chi connectivity index (χ0n) is 31.2. The number of fused-ring (bicyclic) bond motifs is 15. The predicted molar refractivity (Wildman–Crippen MR) is 241 cm³/mol. The summed E-state index contributed by atoms with van der Waals surface area (Å²) in [5, 5.41) is 13.6. The van der Waals surface area contributed by atoms with Gasteiger partial charge < -0.3 is 4.40 Å². The highest BCUT2D eigenvalue weighted by molar-refractivity contribution is 6.38. The Morgan fingerprint density at radius 1 is 0.386 bits per heavy atom. The van der Waals surface area contributed by atoms with Gasteiger partial charge in [-0.25, -0.2) is 4.98 Å². The zero-order chi connectivity index (χ0) is 37.4. The fourth-order valence-electron chi connectivity index (χ4n) is 10.1. The van der Waals surface area contributed by atoms with Gasteiger partial charge in [-0.05, 0) is 69.6 Å². The third-order valence-corrected chi connectivity index (χ3v) is 12.6. The van der Waals surface area contributed by atoms with Crippen LogP contribution in [0, 0.1) is 6.92 Å². The summed E-state index contributed by atoms with van der Waals surface area (Å²) in [4.78, 5) is 5.78. The molecule has 0 saturated carbocycles. The van der Waals surface area contributed by atoms with Crippen molar-refractivity contribution >= 4 is 92.3 Å². The summed E-state index contributed by atoms with van der Waals surface area (Å²) in [5.41, 5.74) is 13.1. The molecule has 0 saturated heterocycles. The zero-order valence-corrected chi connectivity index (χ0v) is 31.2. The van der Waals surface area contributed by atoms with Crippen LogP contribution in [0.4, 0.5) is 0 Å². The molecule has 4 aromatic heterocycles. The number of nitrogens with zero attached hydrogens (tertiary/aromatic N) is 3. The average Bonchev–Trinajstić information content (AvgIpc) is 3.91. The molecule has 3 nitrogen and oxygen atoms in total. The van der Waals surface area contributed by atoms with E-state index in [1.807, 2.05) is 0 Å². The Morgan fingerprint density at radius 2 is 0.982 bits per heavy atom. The van der Waals surface area contributed by atoms with E-state index < -0.39 is 0 Å². The van der Waals surface area contributed by atoms with E-state index in [4.69, 9.17) is 4.98 Å². The van der Waals surface area contributed by atoms with Crippen LogP contribution in [0.1, 0.15) is 5.56 Å². The molecule has 0 radical (unpaired) electrons. The minimum absolute atomic E-state index is 0.956. The largest absolute Gasteiger partial charge is 0.308 e. The van der Waals surface area contributed by atoms with Crippen LogP contribution in [-0.2, 0) is 0 Å². The van der Waals surface area contributed by atoms with Gasteiger partial charge in [-0.15, -0.1) is 0 Å². The van der Waals surface area contributed by atoms with Crippen LogP contribution in [0.3, 0.4) is 0 Å². The van der Waals surface area contributed by atoms with Crippen LogP contribution >= 0.6 is 0 Å². The second kappa shape index (κ2) is 11.3. The maximum absolute atomic E-state index is 5.78. The van der Waals surface area contributed by atoms with Crippen molar-refractivity contribution in [3.8, 4) is 28.1 Å². The highest BCUT2D eigenvalue weighted by atomic mass is 15.1. The highest BCUT2D eigenvalue weighted by Gasteiger charge is 2.27. The van der Waals surface area contributed by atoms with E-state index in [-0.39, 0.29) is 0 Å². The molecule has 0 aliphatic carbocycles. The van der Waals surface area contributed by atoms with E-state index in [2.05, 4.69) is 198 Å². The summed E-state index contributed by atoms with van der Waals surface area (Å²) in [6.45, 7) is 2.27. The molecule has 0 fully saturated rings. The Morgan fingerprint density at radius 3 is 1.77 bits per heavy atom. The van der Waals surface area contributed by atoms with Gasteiger partial charge in [0.15, 0.2) is 0 Å². The number of hydrogen-bond donors (Lipinski definition) is 0. The Bertz CT molecular complexity index is 3790. The van der Waals surface area contributed by atoms with Gasteiger partial charge in [0.1, 0.15) is 5.82 Å². The first-order valence-electron chi connectivity index (χ1n) is 19.7. The average molecular weight is 724 g/mol. The molecule has 0 amide bonds. The molecule has 0 aliphatic heterocycles. The van der Waals surface area contributed by atoms with Crippen molar-refractivity contribution in [3.63, 3.8) is 0 Å². The number of aromatic nitrogens is 3. The van der Waals surface area contributed by atoms with Crippen LogP contribution in [0.15, 0.2) is 182 Å². The van der Waals surface area contributed by atoms with Gasteiger partial charge in [0.05, 0.1) is 33.1 Å². The molecule has 9 aromatic carbocycles. The lowest BCUT2D eigenvalue weighted by atomic mass is 9.93. The lowest BCUT2D eigenvalue weighted by molar-refractivity contribution is 1.08. The predicted octanol–water partition coefficient (Wildman–Crippen LogP) is 14.4. The normalized spacial score (nSPS) is 12.3. The number of para-hydroxylation sites is 2. The van der Waals surface area contributed by atoms with Crippen LogP contribution < -0.4 is 0 Å². The monoisotopic (exact) mass is 723 g/mol. The van der Waals surface area contributed by atoms with E-state index >= 15 is 0 Å². The fraction of sp³-hybridized carbons (Fsp3) is 0.0185. The molecule has 0 aliphatic rings. The second-order valence-electron chi connectivity index (χ2n) is 15.5. The lowest BCUT2D eigenvalue weighted by Gasteiger charge is -2.19. The fourth-order valence-corrected chi connectivity index (χ4v) is 10.1. The van der Waals surface area contributed by atoms with Gasteiger partial charge in [0.25, 0.3) is 0 Å². The van der Waals surface area contributed by atoms with E-state index in [1.165, 1.54) is 92.8 Å². The Kier molecular flexibility index (Phi) is 6.10. The lowest BCUT2D eigenvalue weighted by Crippen LogP contribution is -2.04. The molecule has 0 bridgehead atoms. The van der Waals surface area contributed by atoms with Crippen molar-refractivity contribution in [2.45, 2.75) is 6.92 Å². The van der Waals surface area contributed by atoms with E-state index in [0.717, 1.165) is 33.2 Å². The molecule has 0 N–H and O–H groups in total. The minimum Gasteiger partial charge on any atom is -0.308 e. The van der Waals surface area contributed by atoms with Gasteiger partial charge >= 0.3 is 0 Å². The van der Waals surface area contributed by atoms with Gasteiger partial charge in [-0.2, -0.15) is 0 Å². The number of hydrogen-bond acceptors (Lipinski definition) is 1. The molecule has 13 rings (SSSR count). The number of rotatable bonds is 3. The standard InChI is InChI=1S/C54H33N3/c1-32-48(37-25-23-34(24-26-37)33-13-3-2-4-14-33)42-29-27-36-16-6-8-18-39(36)52(42)55-54(32)57-46-30-28-35-15-5-7-17-38(35)49(46)51-47(57)31-43-40-19-9-11-21-44(40)56-45-22-12-10-20-41(45)50(51)53(43)56/h2-31H,1H3. The first kappa shape index (κ1) is 30.8. The summed E-state index contributed by atoms with van der Waals surface area (Å²) in [6.07, 6.45) is 0. The topological polar surface area (TPSA) is 22.2 Å². The molecule has 4 heterocycles. The molecule has 264 valence electrons. The Balaban J connectivity index is 1.24. The maximum atomic E-state index is 5.78. The molecule has 3 heteroatoms. The van der Waals surface area contributed by atoms with Crippen LogP contribution in [0.2, 0.25) is 0 Å². The van der Waals surface area contributed by atoms with Crippen molar-refractivity contribution < 1.29 is 0 Å². The minimum atomic E-state index is 0.956. The molecule has 0 atom stereocenters. The van der Waals surface area contributed by atoms with E-state index in [1.54, 1.807) is 0 Å². The van der Waals surface area contributed by atoms with Crippen molar-refractivity contribution in [1.29, 1.82) is 0 Å². The summed E-state index contributed by atoms with van der Waals surface area (Å²) in [6, 6.07) is 66.7. The first-order valence-corrected chi connectivity index (χ1v) is 19.7.